The van der Waals surface area contributed by atoms with Crippen LogP contribution in [-0.4, -0.2) is 28.3 Å². The van der Waals surface area contributed by atoms with Gasteiger partial charge in [-0.3, -0.25) is 4.98 Å². The number of pyridine rings is 2. The maximum absolute atomic E-state index is 5.35. The number of rotatable bonds is 6. The van der Waals surface area contributed by atoms with Crippen LogP contribution >= 0.6 is 0 Å². The lowest BCUT2D eigenvalue weighted by atomic mass is 10.0. The second-order valence-corrected chi connectivity index (χ2v) is 7.37. The first-order valence-electron chi connectivity index (χ1n) is 9.42. The molecule has 138 valence electrons. The summed E-state index contributed by atoms with van der Waals surface area (Å²) in [5, 5.41) is 0. The molecule has 3 rings (SSSR count). The largest absolute Gasteiger partial charge is 0.383 e. The molecule has 0 spiro atoms. The SMILES string of the molecule is CCc1cc2c(nc1-c1ccc(C(C)C)nc1)c(C)cn2[C@@H](C)COC. The third kappa shape index (κ3) is 3.38. The van der Waals surface area contributed by atoms with Crippen molar-refractivity contribution in [1.29, 1.82) is 0 Å². The van der Waals surface area contributed by atoms with Crippen molar-refractivity contribution in [2.45, 2.75) is 53.0 Å². The zero-order valence-electron chi connectivity index (χ0n) is 16.7. The van der Waals surface area contributed by atoms with Crippen LogP contribution in [0.25, 0.3) is 22.3 Å². The van der Waals surface area contributed by atoms with Crippen LogP contribution in [0.2, 0.25) is 0 Å². The van der Waals surface area contributed by atoms with Crippen molar-refractivity contribution in [3.63, 3.8) is 0 Å². The van der Waals surface area contributed by atoms with Gasteiger partial charge in [0, 0.05) is 30.8 Å². The van der Waals surface area contributed by atoms with Crippen LogP contribution in [0.4, 0.5) is 0 Å². The van der Waals surface area contributed by atoms with E-state index in [9.17, 15) is 0 Å². The van der Waals surface area contributed by atoms with Crippen LogP contribution in [-0.2, 0) is 11.2 Å². The predicted molar refractivity (Wildman–Crippen MR) is 108 cm³/mol. The number of fused-ring (bicyclic) bond motifs is 1. The lowest BCUT2D eigenvalue weighted by Gasteiger charge is -2.15. The average molecular weight is 351 g/mol. The Kier molecular flexibility index (Phi) is 5.42. The lowest BCUT2D eigenvalue weighted by molar-refractivity contribution is 0.164. The average Bonchev–Trinajstić information content (AvgIpc) is 2.97. The Balaban J connectivity index is 2.13. The Bertz CT molecular complexity index is 894. The first-order chi connectivity index (χ1) is 12.5. The molecular weight excluding hydrogens is 322 g/mol. The zero-order chi connectivity index (χ0) is 18.8. The Morgan fingerprint density at radius 3 is 2.54 bits per heavy atom. The first-order valence-corrected chi connectivity index (χ1v) is 9.42. The fourth-order valence-electron chi connectivity index (χ4n) is 3.46. The van der Waals surface area contributed by atoms with Gasteiger partial charge in [-0.25, -0.2) is 4.98 Å². The third-order valence-corrected chi connectivity index (χ3v) is 4.98. The highest BCUT2D eigenvalue weighted by atomic mass is 16.5. The third-order valence-electron chi connectivity index (χ3n) is 4.98. The van der Waals surface area contributed by atoms with Crippen molar-refractivity contribution < 1.29 is 4.74 Å². The molecule has 26 heavy (non-hydrogen) atoms. The molecule has 0 aromatic carbocycles. The molecule has 0 aliphatic rings. The molecule has 0 bridgehead atoms. The summed E-state index contributed by atoms with van der Waals surface area (Å²) in [5.41, 5.74) is 7.93. The van der Waals surface area contributed by atoms with Gasteiger partial charge in [-0.2, -0.15) is 0 Å². The van der Waals surface area contributed by atoms with E-state index >= 15 is 0 Å². The van der Waals surface area contributed by atoms with Crippen LogP contribution in [0.3, 0.4) is 0 Å². The molecule has 0 amide bonds. The van der Waals surface area contributed by atoms with Crippen LogP contribution in [0.5, 0.6) is 0 Å². The summed E-state index contributed by atoms with van der Waals surface area (Å²) in [4.78, 5) is 9.68. The van der Waals surface area contributed by atoms with Gasteiger partial charge in [-0.15, -0.1) is 0 Å². The summed E-state index contributed by atoms with van der Waals surface area (Å²) in [6.45, 7) is 11.5. The van der Waals surface area contributed by atoms with Gasteiger partial charge >= 0.3 is 0 Å². The second-order valence-electron chi connectivity index (χ2n) is 7.37. The van der Waals surface area contributed by atoms with E-state index in [1.165, 1.54) is 16.6 Å². The van der Waals surface area contributed by atoms with Crippen molar-refractivity contribution in [2.24, 2.45) is 0 Å². The monoisotopic (exact) mass is 351 g/mol. The van der Waals surface area contributed by atoms with Crippen molar-refractivity contribution >= 4 is 11.0 Å². The van der Waals surface area contributed by atoms with Crippen LogP contribution < -0.4 is 0 Å². The molecule has 0 N–H and O–H groups in total. The van der Waals surface area contributed by atoms with E-state index in [1.807, 2.05) is 6.20 Å². The van der Waals surface area contributed by atoms with Crippen molar-refractivity contribution in [2.75, 3.05) is 13.7 Å². The highest BCUT2D eigenvalue weighted by molar-refractivity contribution is 5.84. The normalized spacial score (nSPS) is 12.9. The minimum absolute atomic E-state index is 0.278. The summed E-state index contributed by atoms with van der Waals surface area (Å²) >= 11 is 0. The summed E-state index contributed by atoms with van der Waals surface area (Å²) in [5.74, 6) is 0.434. The molecule has 0 unspecified atom stereocenters. The Hall–Kier alpha value is -2.20. The van der Waals surface area contributed by atoms with Gasteiger partial charge in [0.1, 0.15) is 0 Å². The number of nitrogens with zero attached hydrogens (tertiary/aromatic N) is 3. The summed E-state index contributed by atoms with van der Waals surface area (Å²) in [6.07, 6.45) is 5.08. The van der Waals surface area contributed by atoms with E-state index < -0.39 is 0 Å². The lowest BCUT2D eigenvalue weighted by Crippen LogP contribution is -2.10. The molecule has 0 aliphatic carbocycles. The Morgan fingerprint density at radius 1 is 1.19 bits per heavy atom. The molecule has 0 fully saturated rings. The van der Waals surface area contributed by atoms with Crippen molar-refractivity contribution in [3.05, 3.63) is 47.4 Å². The molecule has 3 aromatic rings. The number of hydrogen-bond acceptors (Lipinski definition) is 3. The van der Waals surface area contributed by atoms with Gasteiger partial charge < -0.3 is 9.30 Å². The van der Waals surface area contributed by atoms with E-state index in [4.69, 9.17) is 9.72 Å². The number of aromatic nitrogens is 3. The number of aryl methyl sites for hydroxylation is 2. The summed E-state index contributed by atoms with van der Waals surface area (Å²) < 4.78 is 7.63. The maximum Gasteiger partial charge on any atom is 0.0917 e. The fraction of sp³-hybridized carbons (Fsp3) is 0.455. The van der Waals surface area contributed by atoms with Crippen LogP contribution in [0, 0.1) is 6.92 Å². The standard InChI is InChI=1S/C22H29N3O/c1-7-17-10-20-21(15(4)12-25(20)16(5)13-26-6)24-22(17)18-8-9-19(14(2)3)23-11-18/h8-12,14,16H,7,13H2,1-6H3/t16-/m0/s1. The van der Waals surface area contributed by atoms with E-state index in [1.54, 1.807) is 7.11 Å². The van der Waals surface area contributed by atoms with Gasteiger partial charge in [0.15, 0.2) is 0 Å². The number of ether oxygens (including phenoxy) is 1. The highest BCUT2D eigenvalue weighted by Gasteiger charge is 2.16. The maximum atomic E-state index is 5.35. The van der Waals surface area contributed by atoms with Gasteiger partial charge in [-0.05, 0) is 55.5 Å². The Labute approximate surface area is 156 Å². The van der Waals surface area contributed by atoms with Crippen LogP contribution in [0.15, 0.2) is 30.6 Å². The Morgan fingerprint density at radius 2 is 1.96 bits per heavy atom. The van der Waals surface area contributed by atoms with E-state index in [-0.39, 0.29) is 6.04 Å². The highest BCUT2D eigenvalue weighted by Crippen LogP contribution is 2.30. The van der Waals surface area contributed by atoms with E-state index in [0.29, 0.717) is 12.5 Å². The van der Waals surface area contributed by atoms with E-state index in [0.717, 1.165) is 28.9 Å². The zero-order valence-corrected chi connectivity index (χ0v) is 16.7. The summed E-state index contributed by atoms with van der Waals surface area (Å²) in [6, 6.07) is 6.83. The molecule has 4 heteroatoms. The first kappa shape index (κ1) is 18.6. The van der Waals surface area contributed by atoms with E-state index in [2.05, 4.69) is 68.6 Å². The minimum atomic E-state index is 0.278. The number of methoxy groups -OCH3 is 1. The number of hydrogen-bond donors (Lipinski definition) is 0. The topological polar surface area (TPSA) is 39.9 Å². The summed E-state index contributed by atoms with van der Waals surface area (Å²) in [7, 11) is 1.75. The van der Waals surface area contributed by atoms with Gasteiger partial charge in [0.2, 0.25) is 0 Å². The molecule has 1 atom stereocenters. The van der Waals surface area contributed by atoms with Gasteiger partial charge in [-0.1, -0.05) is 20.8 Å². The molecule has 0 aliphatic heterocycles. The molecule has 3 aromatic heterocycles. The fourth-order valence-corrected chi connectivity index (χ4v) is 3.46. The quantitative estimate of drug-likeness (QED) is 0.605. The van der Waals surface area contributed by atoms with Gasteiger partial charge in [0.25, 0.3) is 0 Å². The minimum Gasteiger partial charge on any atom is -0.383 e. The molecular formula is C22H29N3O. The second kappa shape index (κ2) is 7.58. The predicted octanol–water partition coefficient (Wildman–Crippen LogP) is 5.30. The molecule has 0 saturated heterocycles. The molecule has 0 radical (unpaired) electrons. The van der Waals surface area contributed by atoms with Gasteiger partial charge in [0.05, 0.1) is 29.4 Å². The molecule has 0 saturated carbocycles. The molecule has 4 nitrogen and oxygen atoms in total. The van der Waals surface area contributed by atoms with Crippen molar-refractivity contribution in [1.82, 2.24) is 14.5 Å². The van der Waals surface area contributed by atoms with Crippen LogP contribution in [0.1, 0.15) is 56.5 Å². The smallest absolute Gasteiger partial charge is 0.0917 e. The van der Waals surface area contributed by atoms with Crippen molar-refractivity contribution in [3.8, 4) is 11.3 Å². The molecule has 3 heterocycles.